The average Bonchev–Trinajstić information content (AvgIpc) is 3.70. The van der Waals surface area contributed by atoms with Gasteiger partial charge < -0.3 is 23.8 Å². The standard InChI is InChI=1S/C33H32Cl3NO6/c34-26-4-3-5-27(35)31(26)32-25(29(43-37-32)13-15-41-30-6-1-2-14-40-30)18-42-21-11-12-22(28(36)16-21)24-17-23(24)19-7-9-20(10-8-19)33(38)39/h3-5,7,9,11-12,16,23-24,30H,1-2,6,8,10,13-15,17-18H2,(H,38,39). The van der Waals surface area contributed by atoms with Crippen LogP contribution in [-0.2, 0) is 27.3 Å². The van der Waals surface area contributed by atoms with Crippen molar-refractivity contribution in [2.24, 2.45) is 5.92 Å². The molecule has 2 aromatic carbocycles. The van der Waals surface area contributed by atoms with Gasteiger partial charge in [0.25, 0.3) is 0 Å². The fourth-order valence-electron chi connectivity index (χ4n) is 5.88. The smallest absolute Gasteiger partial charge is 0.331 e. The lowest BCUT2D eigenvalue weighted by Crippen LogP contribution is -2.23. The summed E-state index contributed by atoms with van der Waals surface area (Å²) in [5.74, 6) is 1.11. The van der Waals surface area contributed by atoms with E-state index in [1.165, 1.54) is 5.57 Å². The number of hydrogen-bond donors (Lipinski definition) is 1. The Bertz CT molecular complexity index is 1540. The lowest BCUT2D eigenvalue weighted by Gasteiger charge is -2.22. The molecule has 0 bridgehead atoms. The van der Waals surface area contributed by atoms with Crippen LogP contribution in [0.4, 0.5) is 0 Å². The zero-order valence-electron chi connectivity index (χ0n) is 23.5. The second-order valence-corrected chi connectivity index (χ2v) is 12.3. The number of hydrogen-bond acceptors (Lipinski definition) is 6. The van der Waals surface area contributed by atoms with Crippen LogP contribution in [0.2, 0.25) is 15.1 Å². The van der Waals surface area contributed by atoms with Gasteiger partial charge in [-0.15, -0.1) is 0 Å². The Morgan fingerprint density at radius 2 is 1.86 bits per heavy atom. The maximum absolute atomic E-state index is 11.2. The number of carbonyl (C=O) groups is 1. The SMILES string of the molecule is O=C(O)C1=CC=C(C2CC2c2ccc(OCc3c(-c4c(Cl)cccc4Cl)noc3CCOC3CCCCO3)cc2Cl)CC1. The number of allylic oxidation sites excluding steroid dienone is 3. The molecule has 10 heteroatoms. The van der Waals surface area contributed by atoms with Crippen molar-refractivity contribution in [3.8, 4) is 17.0 Å². The topological polar surface area (TPSA) is 91.0 Å². The minimum Gasteiger partial charge on any atom is -0.489 e. The summed E-state index contributed by atoms with van der Waals surface area (Å²) in [6.45, 7) is 1.30. The first kappa shape index (κ1) is 30.2. The maximum Gasteiger partial charge on any atom is 0.331 e. The Morgan fingerprint density at radius 3 is 2.56 bits per heavy atom. The van der Waals surface area contributed by atoms with E-state index in [1.807, 2.05) is 24.3 Å². The van der Waals surface area contributed by atoms with Crippen molar-refractivity contribution in [3.63, 3.8) is 0 Å². The summed E-state index contributed by atoms with van der Waals surface area (Å²) < 4.78 is 23.6. The second-order valence-electron chi connectivity index (χ2n) is 11.1. The number of nitrogens with zero attached hydrogens (tertiary/aromatic N) is 1. The van der Waals surface area contributed by atoms with Gasteiger partial charge in [0.15, 0.2) is 6.29 Å². The van der Waals surface area contributed by atoms with Gasteiger partial charge in [0.05, 0.1) is 22.2 Å². The summed E-state index contributed by atoms with van der Waals surface area (Å²) in [5.41, 5.74) is 4.68. The van der Waals surface area contributed by atoms with E-state index in [1.54, 1.807) is 24.3 Å². The van der Waals surface area contributed by atoms with Crippen molar-refractivity contribution >= 4 is 40.8 Å². The molecule has 3 aliphatic rings. The molecule has 3 unspecified atom stereocenters. The molecule has 6 rings (SSSR count). The number of rotatable bonds is 11. The van der Waals surface area contributed by atoms with Crippen LogP contribution in [0.5, 0.6) is 5.75 Å². The first-order valence-electron chi connectivity index (χ1n) is 14.6. The minimum atomic E-state index is -0.843. The van der Waals surface area contributed by atoms with Crippen molar-refractivity contribution in [1.29, 1.82) is 0 Å². The highest BCUT2D eigenvalue weighted by atomic mass is 35.5. The molecular formula is C33H32Cl3NO6. The zero-order valence-corrected chi connectivity index (χ0v) is 25.8. The van der Waals surface area contributed by atoms with Gasteiger partial charge in [-0.3, -0.25) is 0 Å². The number of carboxylic acids is 1. The number of aliphatic carboxylic acids is 1. The van der Waals surface area contributed by atoms with Crippen LogP contribution in [0.1, 0.15) is 61.3 Å². The Morgan fingerprint density at radius 1 is 1.02 bits per heavy atom. The molecule has 0 radical (unpaired) electrons. The van der Waals surface area contributed by atoms with Gasteiger partial charge in [0, 0.05) is 29.2 Å². The van der Waals surface area contributed by atoms with Crippen LogP contribution in [0.25, 0.3) is 11.3 Å². The summed E-state index contributed by atoms with van der Waals surface area (Å²) in [7, 11) is 0. The Balaban J connectivity index is 1.16. The van der Waals surface area contributed by atoms with Crippen molar-refractivity contribution < 1.29 is 28.6 Å². The molecule has 43 heavy (non-hydrogen) atoms. The van der Waals surface area contributed by atoms with Crippen LogP contribution >= 0.6 is 34.8 Å². The molecule has 1 aromatic heterocycles. The highest BCUT2D eigenvalue weighted by Gasteiger charge is 2.42. The third-order valence-corrected chi connectivity index (χ3v) is 9.27. The fourth-order valence-corrected chi connectivity index (χ4v) is 6.76. The van der Waals surface area contributed by atoms with Crippen molar-refractivity contribution in [2.75, 3.05) is 13.2 Å². The summed E-state index contributed by atoms with van der Waals surface area (Å²) in [4.78, 5) is 11.2. The molecular weight excluding hydrogens is 613 g/mol. The van der Waals surface area contributed by atoms with Gasteiger partial charge >= 0.3 is 5.97 Å². The number of carboxylic acid groups (broad SMARTS) is 1. The van der Waals surface area contributed by atoms with Gasteiger partial charge in [-0.1, -0.05) is 69.8 Å². The number of benzene rings is 2. The van der Waals surface area contributed by atoms with Crippen LogP contribution in [-0.4, -0.2) is 35.7 Å². The van der Waals surface area contributed by atoms with E-state index >= 15 is 0 Å². The highest BCUT2D eigenvalue weighted by molar-refractivity contribution is 6.39. The van der Waals surface area contributed by atoms with E-state index in [4.69, 9.17) is 53.5 Å². The molecule has 0 spiro atoms. The molecule has 7 nitrogen and oxygen atoms in total. The van der Waals surface area contributed by atoms with E-state index in [2.05, 4.69) is 5.16 Å². The van der Waals surface area contributed by atoms with E-state index in [-0.39, 0.29) is 12.9 Å². The minimum absolute atomic E-state index is 0.169. The van der Waals surface area contributed by atoms with Crippen molar-refractivity contribution in [3.05, 3.63) is 91.7 Å². The molecule has 1 aliphatic heterocycles. The maximum atomic E-state index is 11.2. The number of halogens is 3. The van der Waals surface area contributed by atoms with Crippen LogP contribution in [0, 0.1) is 5.92 Å². The van der Waals surface area contributed by atoms with Gasteiger partial charge in [0.2, 0.25) is 0 Å². The summed E-state index contributed by atoms with van der Waals surface area (Å²) in [6.07, 6.45) is 9.35. The van der Waals surface area contributed by atoms with Gasteiger partial charge in [-0.25, -0.2) is 4.79 Å². The summed E-state index contributed by atoms with van der Waals surface area (Å²) in [6, 6.07) is 11.1. The molecule has 226 valence electrons. The molecule has 1 saturated carbocycles. The summed E-state index contributed by atoms with van der Waals surface area (Å²) in [5, 5.41) is 15.1. The monoisotopic (exact) mass is 643 g/mol. The predicted octanol–water partition coefficient (Wildman–Crippen LogP) is 8.80. The molecule has 1 N–H and O–H groups in total. The van der Waals surface area contributed by atoms with E-state index < -0.39 is 5.97 Å². The van der Waals surface area contributed by atoms with Crippen molar-refractivity contribution in [1.82, 2.24) is 5.16 Å². The second kappa shape index (κ2) is 13.4. The first-order valence-corrected chi connectivity index (χ1v) is 15.7. The quantitative estimate of drug-likeness (QED) is 0.223. The van der Waals surface area contributed by atoms with Crippen LogP contribution in [0.15, 0.2) is 64.2 Å². The lowest BCUT2D eigenvalue weighted by atomic mass is 9.93. The average molecular weight is 645 g/mol. The molecule has 3 aromatic rings. The van der Waals surface area contributed by atoms with Gasteiger partial charge in [0.1, 0.15) is 23.8 Å². The third kappa shape index (κ3) is 6.97. The Labute approximate surface area is 265 Å². The van der Waals surface area contributed by atoms with E-state index in [0.717, 1.165) is 43.2 Å². The van der Waals surface area contributed by atoms with Crippen LogP contribution in [0.3, 0.4) is 0 Å². The van der Waals surface area contributed by atoms with Gasteiger partial charge in [-0.05, 0) is 80.2 Å². The molecule has 3 atom stereocenters. The predicted molar refractivity (Wildman–Crippen MR) is 165 cm³/mol. The molecule has 1 saturated heterocycles. The molecule has 2 fully saturated rings. The first-order chi connectivity index (χ1) is 20.9. The Kier molecular flexibility index (Phi) is 9.45. The largest absolute Gasteiger partial charge is 0.489 e. The normalized spacial score (nSPS) is 21.7. The fraction of sp³-hybridized carbons (Fsp3) is 0.394. The zero-order chi connectivity index (χ0) is 29.9. The highest BCUT2D eigenvalue weighted by Crippen LogP contribution is 2.55. The molecule has 2 heterocycles. The lowest BCUT2D eigenvalue weighted by molar-refractivity contribution is -0.162. The Hall–Kier alpha value is -2.81. The van der Waals surface area contributed by atoms with Crippen LogP contribution < -0.4 is 4.74 Å². The molecule has 0 amide bonds. The third-order valence-electron chi connectivity index (χ3n) is 8.32. The molecule has 2 aliphatic carbocycles. The summed E-state index contributed by atoms with van der Waals surface area (Å²) >= 11 is 19.8. The number of aromatic nitrogens is 1. The van der Waals surface area contributed by atoms with E-state index in [9.17, 15) is 9.90 Å². The number of ether oxygens (including phenoxy) is 3. The van der Waals surface area contributed by atoms with Crippen molar-refractivity contribution in [2.45, 2.75) is 63.8 Å². The van der Waals surface area contributed by atoms with E-state index in [0.29, 0.717) is 81.3 Å². The van der Waals surface area contributed by atoms with Gasteiger partial charge in [-0.2, -0.15) is 0 Å².